The maximum Gasteiger partial charge on any atom is 0.269 e. The predicted molar refractivity (Wildman–Crippen MR) is 102 cm³/mol. The highest BCUT2D eigenvalue weighted by Gasteiger charge is 2.18. The molecule has 2 amide bonds. The van der Waals surface area contributed by atoms with Crippen molar-refractivity contribution in [3.05, 3.63) is 69.8 Å². The van der Waals surface area contributed by atoms with Crippen molar-refractivity contribution in [2.75, 3.05) is 18.4 Å². The van der Waals surface area contributed by atoms with Crippen LogP contribution in [0.2, 0.25) is 0 Å². The van der Waals surface area contributed by atoms with Gasteiger partial charge in [0.15, 0.2) is 0 Å². The van der Waals surface area contributed by atoms with Gasteiger partial charge in [-0.3, -0.25) is 19.7 Å². The van der Waals surface area contributed by atoms with E-state index in [1.165, 1.54) is 12.1 Å². The van der Waals surface area contributed by atoms with Crippen molar-refractivity contribution in [3.8, 4) is 0 Å². The first-order chi connectivity index (χ1) is 13.0. The van der Waals surface area contributed by atoms with Gasteiger partial charge in [0, 0.05) is 36.5 Å². The highest BCUT2D eigenvalue weighted by atomic mass is 16.6. The molecule has 2 aromatic carbocycles. The summed E-state index contributed by atoms with van der Waals surface area (Å²) in [4.78, 5) is 37.0. The summed E-state index contributed by atoms with van der Waals surface area (Å²) in [5.41, 5.74) is 1.59. The van der Waals surface area contributed by atoms with E-state index < -0.39 is 4.92 Å². The number of likely N-dealkylation sites (tertiary alicyclic amines) is 1. The molecule has 0 atom stereocenters. The van der Waals surface area contributed by atoms with Gasteiger partial charge in [-0.05, 0) is 43.0 Å². The summed E-state index contributed by atoms with van der Waals surface area (Å²) in [5, 5.41) is 13.6. The summed E-state index contributed by atoms with van der Waals surface area (Å²) in [7, 11) is 0. The van der Waals surface area contributed by atoms with Gasteiger partial charge in [0.05, 0.1) is 11.3 Å². The molecule has 0 spiro atoms. The van der Waals surface area contributed by atoms with Gasteiger partial charge >= 0.3 is 0 Å². The van der Waals surface area contributed by atoms with Gasteiger partial charge in [0.2, 0.25) is 5.91 Å². The van der Waals surface area contributed by atoms with Crippen LogP contribution >= 0.6 is 0 Å². The molecule has 0 radical (unpaired) electrons. The molecule has 27 heavy (non-hydrogen) atoms. The van der Waals surface area contributed by atoms with Gasteiger partial charge in [-0.15, -0.1) is 0 Å². The maximum absolute atomic E-state index is 12.6. The maximum atomic E-state index is 12.6. The van der Waals surface area contributed by atoms with E-state index in [2.05, 4.69) is 5.32 Å². The Morgan fingerprint density at radius 1 is 1.04 bits per heavy atom. The first-order valence-corrected chi connectivity index (χ1v) is 8.95. The molecule has 7 nitrogen and oxygen atoms in total. The summed E-state index contributed by atoms with van der Waals surface area (Å²) < 4.78 is 0. The Hall–Kier alpha value is -3.22. The number of nitrogens with zero attached hydrogens (tertiary/aromatic N) is 2. The zero-order chi connectivity index (χ0) is 19.2. The van der Waals surface area contributed by atoms with Gasteiger partial charge < -0.3 is 10.2 Å². The Bertz CT molecular complexity index is 860. The molecule has 1 heterocycles. The van der Waals surface area contributed by atoms with E-state index in [1.54, 1.807) is 36.4 Å². The van der Waals surface area contributed by atoms with E-state index in [0.717, 1.165) is 32.4 Å². The second-order valence-electron chi connectivity index (χ2n) is 6.59. The number of hydrogen-bond acceptors (Lipinski definition) is 4. The molecule has 0 aliphatic carbocycles. The SMILES string of the molecule is O=C(Cc1cccc([N+](=O)[O-])c1)Nc1cccc(C(=O)N2CCCCC2)c1. The summed E-state index contributed by atoms with van der Waals surface area (Å²) in [5.74, 6) is -0.317. The lowest BCUT2D eigenvalue weighted by Crippen LogP contribution is -2.35. The van der Waals surface area contributed by atoms with Crippen molar-refractivity contribution in [1.82, 2.24) is 4.90 Å². The van der Waals surface area contributed by atoms with Crippen LogP contribution in [0.25, 0.3) is 0 Å². The molecule has 7 heteroatoms. The van der Waals surface area contributed by atoms with Crippen LogP contribution in [0, 0.1) is 10.1 Å². The summed E-state index contributed by atoms with van der Waals surface area (Å²) in [6.45, 7) is 1.53. The second kappa shape index (κ2) is 8.44. The molecule has 0 saturated carbocycles. The third kappa shape index (κ3) is 4.91. The molecule has 2 aromatic rings. The molecule has 0 aromatic heterocycles. The summed E-state index contributed by atoms with van der Waals surface area (Å²) >= 11 is 0. The van der Waals surface area contributed by atoms with Crippen LogP contribution < -0.4 is 5.32 Å². The Labute approximate surface area is 157 Å². The average Bonchev–Trinajstić information content (AvgIpc) is 2.68. The topological polar surface area (TPSA) is 92.5 Å². The average molecular weight is 367 g/mol. The van der Waals surface area contributed by atoms with Gasteiger partial charge in [0.1, 0.15) is 0 Å². The van der Waals surface area contributed by atoms with E-state index in [9.17, 15) is 19.7 Å². The predicted octanol–water partition coefficient (Wildman–Crippen LogP) is 3.40. The summed E-state index contributed by atoms with van der Waals surface area (Å²) in [6, 6.07) is 12.9. The molecule has 1 aliphatic heterocycles. The van der Waals surface area contributed by atoms with E-state index in [4.69, 9.17) is 0 Å². The molecule has 1 fully saturated rings. The minimum absolute atomic E-state index is 0.0198. The Balaban J connectivity index is 1.65. The number of hydrogen-bond donors (Lipinski definition) is 1. The molecule has 0 bridgehead atoms. The van der Waals surface area contributed by atoms with E-state index >= 15 is 0 Å². The quantitative estimate of drug-likeness (QED) is 0.647. The molecule has 0 unspecified atom stereocenters. The summed E-state index contributed by atoms with van der Waals surface area (Å²) in [6.07, 6.45) is 3.21. The monoisotopic (exact) mass is 367 g/mol. The number of piperidine rings is 1. The minimum atomic E-state index is -0.489. The zero-order valence-electron chi connectivity index (χ0n) is 14.9. The molecule has 140 valence electrons. The van der Waals surface area contributed by atoms with Gasteiger partial charge in [-0.2, -0.15) is 0 Å². The largest absolute Gasteiger partial charge is 0.339 e. The zero-order valence-corrected chi connectivity index (χ0v) is 14.9. The lowest BCUT2D eigenvalue weighted by Gasteiger charge is -2.26. The van der Waals surface area contributed by atoms with Crippen molar-refractivity contribution < 1.29 is 14.5 Å². The molecule has 1 aliphatic rings. The number of rotatable bonds is 5. The number of benzene rings is 2. The highest BCUT2D eigenvalue weighted by Crippen LogP contribution is 2.18. The number of nitro benzene ring substituents is 1. The number of anilines is 1. The number of nitrogens with one attached hydrogen (secondary N) is 1. The van der Waals surface area contributed by atoms with Crippen LogP contribution in [0.15, 0.2) is 48.5 Å². The number of carbonyl (C=O) groups excluding carboxylic acids is 2. The van der Waals surface area contributed by atoms with Crippen molar-refractivity contribution >= 4 is 23.2 Å². The Kier molecular flexibility index (Phi) is 5.80. The number of non-ortho nitro benzene ring substituents is 1. The van der Waals surface area contributed by atoms with Crippen LogP contribution in [0.4, 0.5) is 11.4 Å². The van der Waals surface area contributed by atoms with Crippen LogP contribution in [0.1, 0.15) is 35.2 Å². The first-order valence-electron chi connectivity index (χ1n) is 8.95. The van der Waals surface area contributed by atoms with Crippen LogP contribution in [-0.2, 0) is 11.2 Å². The van der Waals surface area contributed by atoms with Gasteiger partial charge in [-0.1, -0.05) is 18.2 Å². The smallest absolute Gasteiger partial charge is 0.269 e. The minimum Gasteiger partial charge on any atom is -0.339 e. The molecule has 1 saturated heterocycles. The molecule has 3 rings (SSSR count). The van der Waals surface area contributed by atoms with Crippen molar-refractivity contribution in [1.29, 1.82) is 0 Å². The second-order valence-corrected chi connectivity index (χ2v) is 6.59. The van der Waals surface area contributed by atoms with Crippen molar-refractivity contribution in [2.45, 2.75) is 25.7 Å². The van der Waals surface area contributed by atoms with Gasteiger partial charge in [0.25, 0.3) is 11.6 Å². The Morgan fingerprint density at radius 2 is 1.78 bits per heavy atom. The van der Waals surface area contributed by atoms with Crippen LogP contribution in [-0.4, -0.2) is 34.7 Å². The standard InChI is InChI=1S/C20H21N3O4/c24-19(13-15-6-4-9-18(12-15)23(26)27)21-17-8-5-7-16(14-17)20(25)22-10-2-1-3-11-22/h4-9,12,14H,1-3,10-11,13H2,(H,21,24). The van der Waals surface area contributed by atoms with E-state index in [0.29, 0.717) is 16.8 Å². The van der Waals surface area contributed by atoms with Crippen LogP contribution in [0.3, 0.4) is 0 Å². The van der Waals surface area contributed by atoms with Crippen molar-refractivity contribution in [2.24, 2.45) is 0 Å². The molecular formula is C20H21N3O4. The third-order valence-corrected chi connectivity index (χ3v) is 4.52. The normalized spacial score (nSPS) is 13.9. The van der Waals surface area contributed by atoms with Crippen LogP contribution in [0.5, 0.6) is 0 Å². The van der Waals surface area contributed by atoms with E-state index in [1.807, 2.05) is 4.90 Å². The van der Waals surface area contributed by atoms with Crippen molar-refractivity contribution in [3.63, 3.8) is 0 Å². The molecular weight excluding hydrogens is 346 g/mol. The number of nitro groups is 1. The third-order valence-electron chi connectivity index (χ3n) is 4.52. The fourth-order valence-electron chi connectivity index (χ4n) is 3.18. The fourth-order valence-corrected chi connectivity index (χ4v) is 3.18. The number of amides is 2. The molecule has 1 N–H and O–H groups in total. The highest BCUT2D eigenvalue weighted by molar-refractivity contribution is 5.97. The van der Waals surface area contributed by atoms with Gasteiger partial charge in [-0.25, -0.2) is 0 Å². The first kappa shape index (κ1) is 18.6. The number of carbonyl (C=O) groups is 2. The lowest BCUT2D eigenvalue weighted by molar-refractivity contribution is -0.384. The lowest BCUT2D eigenvalue weighted by atomic mass is 10.1. The Morgan fingerprint density at radius 3 is 2.52 bits per heavy atom. The fraction of sp³-hybridized carbons (Fsp3) is 0.300. The van der Waals surface area contributed by atoms with E-state index in [-0.39, 0.29) is 23.9 Å².